The fourth-order valence-corrected chi connectivity index (χ4v) is 1.83. The average Bonchev–Trinajstić information content (AvgIpc) is 2.66. The molecule has 2 rings (SSSR count). The summed E-state index contributed by atoms with van der Waals surface area (Å²) in [4.78, 5) is 0. The second-order valence-electron chi connectivity index (χ2n) is 4.41. The summed E-state index contributed by atoms with van der Waals surface area (Å²) in [5.41, 5.74) is 2.57. The van der Waals surface area contributed by atoms with Crippen LogP contribution in [0.5, 0.6) is 0 Å². The van der Waals surface area contributed by atoms with Crippen LogP contribution in [0.15, 0.2) is 30.6 Å². The minimum atomic E-state index is 0.412. The first-order valence-electron chi connectivity index (χ1n) is 5.60. The lowest BCUT2D eigenvalue weighted by Gasteiger charge is -2.10. The van der Waals surface area contributed by atoms with Gasteiger partial charge in [-0.15, -0.1) is 10.2 Å². The van der Waals surface area contributed by atoms with Crippen molar-refractivity contribution in [1.82, 2.24) is 14.8 Å². The molecule has 0 aliphatic carbocycles. The summed E-state index contributed by atoms with van der Waals surface area (Å²) in [6.45, 7) is 6.39. The van der Waals surface area contributed by atoms with Crippen LogP contribution in [-0.4, -0.2) is 14.8 Å². The molecular formula is C13H17N3. The van der Waals surface area contributed by atoms with Crippen molar-refractivity contribution in [3.05, 3.63) is 47.5 Å². The first kappa shape index (κ1) is 10.9. The van der Waals surface area contributed by atoms with Crippen LogP contribution in [0.25, 0.3) is 0 Å². The maximum absolute atomic E-state index is 4.18. The van der Waals surface area contributed by atoms with Crippen molar-refractivity contribution in [2.24, 2.45) is 0 Å². The summed E-state index contributed by atoms with van der Waals surface area (Å²) in [6, 6.07) is 8.93. The second kappa shape index (κ2) is 4.47. The van der Waals surface area contributed by atoms with Gasteiger partial charge in [-0.2, -0.15) is 0 Å². The van der Waals surface area contributed by atoms with E-state index in [4.69, 9.17) is 0 Å². The van der Waals surface area contributed by atoms with Crippen molar-refractivity contribution in [2.45, 2.75) is 33.2 Å². The lowest BCUT2D eigenvalue weighted by molar-refractivity contribution is 0.574. The standard InChI is InChI=1S/C13H17N3/c1-10(2)16-9-14-15-13(16)8-12-6-4-5-11(3)7-12/h4-7,9-10H,8H2,1-3H3. The summed E-state index contributed by atoms with van der Waals surface area (Å²) in [7, 11) is 0. The molecule has 0 spiro atoms. The Bertz CT molecular complexity index is 472. The Balaban J connectivity index is 2.24. The number of nitrogens with zero attached hydrogens (tertiary/aromatic N) is 3. The molecule has 0 aliphatic heterocycles. The molecule has 0 fully saturated rings. The zero-order chi connectivity index (χ0) is 11.5. The lowest BCUT2D eigenvalue weighted by atomic mass is 10.1. The molecule has 16 heavy (non-hydrogen) atoms. The minimum Gasteiger partial charge on any atom is -0.315 e. The normalized spacial score (nSPS) is 11.0. The van der Waals surface area contributed by atoms with Crippen molar-refractivity contribution in [2.75, 3.05) is 0 Å². The highest BCUT2D eigenvalue weighted by Crippen LogP contribution is 2.12. The second-order valence-corrected chi connectivity index (χ2v) is 4.41. The molecule has 0 amide bonds. The predicted octanol–water partition coefficient (Wildman–Crippen LogP) is 2.76. The Hall–Kier alpha value is -1.64. The largest absolute Gasteiger partial charge is 0.315 e. The highest BCUT2D eigenvalue weighted by molar-refractivity contribution is 5.24. The van der Waals surface area contributed by atoms with Gasteiger partial charge >= 0.3 is 0 Å². The Morgan fingerprint density at radius 1 is 1.31 bits per heavy atom. The third-order valence-electron chi connectivity index (χ3n) is 2.65. The number of benzene rings is 1. The SMILES string of the molecule is Cc1cccc(Cc2nncn2C(C)C)c1. The van der Waals surface area contributed by atoms with Crippen molar-refractivity contribution < 1.29 is 0 Å². The van der Waals surface area contributed by atoms with E-state index in [1.807, 2.05) is 0 Å². The molecule has 84 valence electrons. The van der Waals surface area contributed by atoms with Crippen molar-refractivity contribution in [3.8, 4) is 0 Å². The van der Waals surface area contributed by atoms with Crippen molar-refractivity contribution >= 4 is 0 Å². The first-order valence-corrected chi connectivity index (χ1v) is 5.60. The van der Waals surface area contributed by atoms with Crippen LogP contribution in [0.1, 0.15) is 36.8 Å². The monoisotopic (exact) mass is 215 g/mol. The molecule has 0 atom stereocenters. The first-order chi connectivity index (χ1) is 7.66. The molecule has 1 aromatic heterocycles. The summed E-state index contributed by atoms with van der Waals surface area (Å²) in [5.74, 6) is 1.03. The van der Waals surface area contributed by atoms with Crippen molar-refractivity contribution in [1.29, 1.82) is 0 Å². The van der Waals surface area contributed by atoms with Gasteiger partial charge in [-0.05, 0) is 26.3 Å². The van der Waals surface area contributed by atoms with Crippen LogP contribution in [0, 0.1) is 6.92 Å². The van der Waals surface area contributed by atoms with Crippen molar-refractivity contribution in [3.63, 3.8) is 0 Å². The van der Waals surface area contributed by atoms with Gasteiger partial charge in [0.05, 0.1) is 0 Å². The van der Waals surface area contributed by atoms with Gasteiger partial charge in [-0.25, -0.2) is 0 Å². The molecule has 3 heteroatoms. The Morgan fingerprint density at radius 2 is 2.12 bits per heavy atom. The van der Waals surface area contributed by atoms with Gasteiger partial charge in [0.15, 0.2) is 0 Å². The van der Waals surface area contributed by atoms with Gasteiger partial charge in [0.1, 0.15) is 12.2 Å². The molecule has 1 heterocycles. The zero-order valence-corrected chi connectivity index (χ0v) is 10.0. The van der Waals surface area contributed by atoms with Crippen LogP contribution in [0.4, 0.5) is 0 Å². The van der Waals surface area contributed by atoms with E-state index in [0.29, 0.717) is 6.04 Å². The third-order valence-corrected chi connectivity index (χ3v) is 2.65. The summed E-state index contributed by atoms with van der Waals surface area (Å²) in [6.07, 6.45) is 2.65. The molecule has 0 unspecified atom stereocenters. The van der Waals surface area contributed by atoms with E-state index < -0.39 is 0 Å². The van der Waals surface area contributed by atoms with E-state index in [9.17, 15) is 0 Å². The van der Waals surface area contributed by atoms with Crippen LogP contribution in [-0.2, 0) is 6.42 Å². The maximum Gasteiger partial charge on any atom is 0.137 e. The van der Waals surface area contributed by atoms with Gasteiger partial charge in [-0.1, -0.05) is 29.8 Å². The molecular weight excluding hydrogens is 198 g/mol. The highest BCUT2D eigenvalue weighted by Gasteiger charge is 2.07. The fraction of sp³-hybridized carbons (Fsp3) is 0.385. The molecule has 0 aliphatic rings. The summed E-state index contributed by atoms with van der Waals surface area (Å²) < 4.78 is 2.11. The number of aryl methyl sites for hydroxylation is 1. The van der Waals surface area contributed by atoms with Gasteiger partial charge in [0.25, 0.3) is 0 Å². The predicted molar refractivity (Wildman–Crippen MR) is 64.4 cm³/mol. The Kier molecular flexibility index (Phi) is 3.04. The topological polar surface area (TPSA) is 30.7 Å². The van der Waals surface area contributed by atoms with E-state index in [1.54, 1.807) is 6.33 Å². The smallest absolute Gasteiger partial charge is 0.137 e. The third kappa shape index (κ3) is 2.30. The molecule has 3 nitrogen and oxygen atoms in total. The number of aromatic nitrogens is 3. The van der Waals surface area contributed by atoms with Crippen LogP contribution in [0.2, 0.25) is 0 Å². The van der Waals surface area contributed by atoms with Gasteiger partial charge in [-0.3, -0.25) is 0 Å². The molecule has 0 saturated carbocycles. The number of rotatable bonds is 3. The molecule has 1 aromatic carbocycles. The Morgan fingerprint density at radius 3 is 2.81 bits per heavy atom. The highest BCUT2D eigenvalue weighted by atomic mass is 15.3. The molecule has 0 N–H and O–H groups in total. The van der Waals surface area contributed by atoms with E-state index >= 15 is 0 Å². The number of hydrogen-bond donors (Lipinski definition) is 0. The Labute approximate surface area is 96.1 Å². The minimum absolute atomic E-state index is 0.412. The fourth-order valence-electron chi connectivity index (χ4n) is 1.83. The van der Waals surface area contributed by atoms with Gasteiger partial charge < -0.3 is 4.57 Å². The molecule has 2 aromatic rings. The van der Waals surface area contributed by atoms with E-state index in [1.165, 1.54) is 11.1 Å². The average molecular weight is 215 g/mol. The van der Waals surface area contributed by atoms with Gasteiger partial charge in [0.2, 0.25) is 0 Å². The van der Waals surface area contributed by atoms with Crippen LogP contribution >= 0.6 is 0 Å². The van der Waals surface area contributed by atoms with Crippen LogP contribution < -0.4 is 0 Å². The maximum atomic E-state index is 4.18. The van der Waals surface area contributed by atoms with E-state index in [2.05, 4.69) is 59.8 Å². The zero-order valence-electron chi connectivity index (χ0n) is 10.0. The summed E-state index contributed by atoms with van der Waals surface area (Å²) in [5, 5.41) is 8.15. The summed E-state index contributed by atoms with van der Waals surface area (Å²) >= 11 is 0. The van der Waals surface area contributed by atoms with Crippen LogP contribution in [0.3, 0.4) is 0 Å². The molecule has 0 bridgehead atoms. The lowest BCUT2D eigenvalue weighted by Crippen LogP contribution is -2.06. The van der Waals surface area contributed by atoms with E-state index in [0.717, 1.165) is 12.2 Å². The number of hydrogen-bond acceptors (Lipinski definition) is 2. The quantitative estimate of drug-likeness (QED) is 0.788. The molecule has 0 saturated heterocycles. The van der Waals surface area contributed by atoms with E-state index in [-0.39, 0.29) is 0 Å². The van der Waals surface area contributed by atoms with Gasteiger partial charge in [0, 0.05) is 12.5 Å². The molecule has 0 radical (unpaired) electrons.